The van der Waals surface area contributed by atoms with Gasteiger partial charge < -0.3 is 5.32 Å². The van der Waals surface area contributed by atoms with E-state index in [1.807, 2.05) is 4.90 Å². The molecule has 1 saturated heterocycles. The van der Waals surface area contributed by atoms with Crippen LogP contribution in [0, 0.1) is 0 Å². The van der Waals surface area contributed by atoms with Gasteiger partial charge in [0.2, 0.25) is 0 Å². The molecule has 0 amide bonds. The van der Waals surface area contributed by atoms with Crippen LogP contribution in [-0.4, -0.2) is 37.3 Å². The number of hydrogen-bond acceptors (Lipinski definition) is 2. The molecule has 10 heteroatoms. The molecule has 0 aliphatic carbocycles. The molecule has 1 aliphatic heterocycles. The summed E-state index contributed by atoms with van der Waals surface area (Å²) in [6.45, 7) is 2.72. The van der Waals surface area contributed by atoms with Crippen molar-refractivity contribution in [2.45, 2.75) is 25.1 Å². The molecule has 1 aromatic rings. The van der Waals surface area contributed by atoms with Gasteiger partial charge in [-0.25, -0.2) is 0 Å². The third-order valence-electron chi connectivity index (χ3n) is 3.71. The SMILES string of the molecule is Cl.Cl.FC(F)(F)CC[C@@H](c1c(Cl)ccc(Cl)c1Cl)N1CCNCC1. The fourth-order valence-corrected chi connectivity index (χ4v) is 3.44. The molecule has 1 fully saturated rings. The molecular formula is C14H18Cl5F3N2. The Kier molecular flexibility index (Phi) is 10.7. The highest BCUT2D eigenvalue weighted by atomic mass is 35.5. The first-order chi connectivity index (χ1) is 10.3. The summed E-state index contributed by atoms with van der Waals surface area (Å²) in [5.74, 6) is 0. The van der Waals surface area contributed by atoms with Gasteiger partial charge in [-0.1, -0.05) is 34.8 Å². The molecule has 0 radical (unpaired) electrons. The Labute approximate surface area is 166 Å². The second-order valence-electron chi connectivity index (χ2n) is 5.21. The van der Waals surface area contributed by atoms with E-state index in [1.54, 1.807) is 12.1 Å². The van der Waals surface area contributed by atoms with Crippen LogP contribution in [0.4, 0.5) is 13.2 Å². The lowest BCUT2D eigenvalue weighted by molar-refractivity contribution is -0.138. The molecular weight excluding hydrogens is 430 g/mol. The van der Waals surface area contributed by atoms with E-state index in [1.165, 1.54) is 0 Å². The van der Waals surface area contributed by atoms with E-state index in [2.05, 4.69) is 5.32 Å². The fraction of sp³-hybridized carbons (Fsp3) is 0.571. The van der Waals surface area contributed by atoms with Crippen LogP contribution in [-0.2, 0) is 0 Å². The Balaban J connectivity index is 0.00000264. The summed E-state index contributed by atoms with van der Waals surface area (Å²) in [7, 11) is 0. The van der Waals surface area contributed by atoms with Crippen LogP contribution >= 0.6 is 59.6 Å². The highest BCUT2D eigenvalue weighted by Gasteiger charge is 2.33. The lowest BCUT2D eigenvalue weighted by atomic mass is 9.99. The van der Waals surface area contributed by atoms with Gasteiger partial charge in [-0.05, 0) is 18.6 Å². The van der Waals surface area contributed by atoms with E-state index in [0.717, 1.165) is 13.1 Å². The minimum Gasteiger partial charge on any atom is -0.314 e. The zero-order valence-electron chi connectivity index (χ0n) is 12.5. The lowest BCUT2D eigenvalue weighted by Gasteiger charge is -2.36. The van der Waals surface area contributed by atoms with Crippen molar-refractivity contribution >= 4 is 59.6 Å². The summed E-state index contributed by atoms with van der Waals surface area (Å²) in [5.41, 5.74) is 0.488. The third kappa shape index (κ3) is 6.60. The van der Waals surface area contributed by atoms with Crippen LogP contribution in [0.25, 0.3) is 0 Å². The van der Waals surface area contributed by atoms with E-state index in [9.17, 15) is 13.2 Å². The van der Waals surface area contributed by atoms with Gasteiger partial charge >= 0.3 is 6.18 Å². The van der Waals surface area contributed by atoms with Gasteiger partial charge in [0, 0.05) is 49.2 Å². The number of rotatable bonds is 4. The highest BCUT2D eigenvalue weighted by molar-refractivity contribution is 6.44. The van der Waals surface area contributed by atoms with Crippen molar-refractivity contribution in [2.75, 3.05) is 26.2 Å². The molecule has 0 spiro atoms. The highest BCUT2D eigenvalue weighted by Crippen LogP contribution is 2.41. The molecule has 1 N–H and O–H groups in total. The van der Waals surface area contributed by atoms with Crippen LogP contribution in [0.5, 0.6) is 0 Å². The van der Waals surface area contributed by atoms with E-state index >= 15 is 0 Å². The molecule has 1 aliphatic rings. The second-order valence-corrected chi connectivity index (χ2v) is 6.40. The average molecular weight is 449 g/mol. The van der Waals surface area contributed by atoms with Gasteiger partial charge in [0.05, 0.1) is 10.0 Å². The number of nitrogens with one attached hydrogen (secondary N) is 1. The zero-order chi connectivity index (χ0) is 16.3. The van der Waals surface area contributed by atoms with Crippen molar-refractivity contribution in [3.8, 4) is 0 Å². The second kappa shape index (κ2) is 10.5. The standard InChI is InChI=1S/C14H16Cl3F3N2.2ClH/c15-9-1-2-10(16)13(17)12(9)11(3-4-14(18,19)20)22-7-5-21-6-8-22;;/h1-2,11,21H,3-8H2;2*1H/t11-;;/m0../s1. The quantitative estimate of drug-likeness (QED) is 0.588. The number of alkyl halides is 3. The number of nitrogens with zero attached hydrogens (tertiary/aromatic N) is 1. The normalized spacial score (nSPS) is 16.9. The van der Waals surface area contributed by atoms with Gasteiger partial charge in [0.25, 0.3) is 0 Å². The van der Waals surface area contributed by atoms with Crippen LogP contribution in [0.3, 0.4) is 0 Å². The summed E-state index contributed by atoms with van der Waals surface area (Å²) in [4.78, 5) is 1.98. The predicted octanol–water partition coefficient (Wildman–Crippen LogP) is 5.78. The predicted molar refractivity (Wildman–Crippen MR) is 98.4 cm³/mol. The number of piperazine rings is 1. The largest absolute Gasteiger partial charge is 0.389 e. The van der Waals surface area contributed by atoms with Crippen molar-refractivity contribution < 1.29 is 13.2 Å². The van der Waals surface area contributed by atoms with Crippen molar-refractivity contribution in [1.29, 1.82) is 0 Å². The van der Waals surface area contributed by atoms with Gasteiger partial charge in [0.1, 0.15) is 0 Å². The van der Waals surface area contributed by atoms with Gasteiger partial charge in [0.15, 0.2) is 0 Å². The molecule has 1 heterocycles. The minimum atomic E-state index is -4.22. The number of halogens is 8. The first kappa shape index (κ1) is 24.4. The first-order valence-corrected chi connectivity index (χ1v) is 8.08. The zero-order valence-corrected chi connectivity index (χ0v) is 16.4. The maximum atomic E-state index is 12.7. The van der Waals surface area contributed by atoms with Crippen molar-refractivity contribution in [3.63, 3.8) is 0 Å². The van der Waals surface area contributed by atoms with Gasteiger partial charge in [-0.2, -0.15) is 13.2 Å². The molecule has 1 aromatic carbocycles. The van der Waals surface area contributed by atoms with Crippen molar-refractivity contribution in [3.05, 3.63) is 32.8 Å². The Bertz CT molecular complexity index is 522. The van der Waals surface area contributed by atoms with E-state index in [-0.39, 0.29) is 36.3 Å². The molecule has 2 rings (SSSR count). The van der Waals surface area contributed by atoms with Crippen LogP contribution in [0.1, 0.15) is 24.4 Å². The molecule has 0 unspecified atom stereocenters. The summed E-state index contributed by atoms with van der Waals surface area (Å²) < 4.78 is 38.0. The number of benzene rings is 1. The third-order valence-corrected chi connectivity index (χ3v) is 4.85. The molecule has 140 valence electrons. The Morgan fingerprint density at radius 1 is 1.04 bits per heavy atom. The molecule has 24 heavy (non-hydrogen) atoms. The van der Waals surface area contributed by atoms with Crippen LogP contribution < -0.4 is 5.32 Å². The molecule has 1 atom stereocenters. The lowest BCUT2D eigenvalue weighted by Crippen LogP contribution is -2.45. The maximum absolute atomic E-state index is 12.7. The van der Waals surface area contributed by atoms with Gasteiger partial charge in [-0.3, -0.25) is 4.90 Å². The first-order valence-electron chi connectivity index (χ1n) is 6.94. The van der Waals surface area contributed by atoms with E-state index in [4.69, 9.17) is 34.8 Å². The molecule has 2 nitrogen and oxygen atoms in total. The minimum absolute atomic E-state index is 0. The van der Waals surface area contributed by atoms with Crippen LogP contribution in [0.2, 0.25) is 15.1 Å². The van der Waals surface area contributed by atoms with E-state index < -0.39 is 18.6 Å². The average Bonchev–Trinajstić information content (AvgIpc) is 2.46. The van der Waals surface area contributed by atoms with E-state index in [0.29, 0.717) is 28.7 Å². The molecule has 0 aromatic heterocycles. The fourth-order valence-electron chi connectivity index (χ4n) is 2.65. The molecule has 0 saturated carbocycles. The van der Waals surface area contributed by atoms with Crippen molar-refractivity contribution in [1.82, 2.24) is 10.2 Å². The Morgan fingerprint density at radius 2 is 1.58 bits per heavy atom. The summed E-state index contributed by atoms with van der Waals surface area (Å²) in [6, 6.07) is 2.63. The summed E-state index contributed by atoms with van der Waals surface area (Å²) >= 11 is 18.4. The Hall–Kier alpha value is 0.380. The smallest absolute Gasteiger partial charge is 0.314 e. The Morgan fingerprint density at radius 3 is 2.12 bits per heavy atom. The topological polar surface area (TPSA) is 15.3 Å². The van der Waals surface area contributed by atoms with Gasteiger partial charge in [-0.15, -0.1) is 24.8 Å². The molecule has 0 bridgehead atoms. The monoisotopic (exact) mass is 446 g/mol. The summed E-state index contributed by atoms with van der Waals surface area (Å²) in [5, 5.41) is 4.06. The number of hydrogen-bond donors (Lipinski definition) is 1. The maximum Gasteiger partial charge on any atom is 0.389 e. The summed E-state index contributed by atoms with van der Waals surface area (Å²) in [6.07, 6.45) is -5.20. The van der Waals surface area contributed by atoms with Crippen LogP contribution in [0.15, 0.2) is 12.1 Å². The van der Waals surface area contributed by atoms with Crippen molar-refractivity contribution in [2.24, 2.45) is 0 Å².